The molecule has 6 nitrogen and oxygen atoms in total. The van der Waals surface area contributed by atoms with Crippen molar-refractivity contribution in [1.82, 2.24) is 5.32 Å². The summed E-state index contributed by atoms with van der Waals surface area (Å²) in [6.07, 6.45) is 1.10. The van der Waals surface area contributed by atoms with E-state index in [0.717, 1.165) is 6.07 Å². The maximum absolute atomic E-state index is 12.2. The van der Waals surface area contributed by atoms with Crippen LogP contribution in [0.2, 0.25) is 5.02 Å². The van der Waals surface area contributed by atoms with Crippen LogP contribution in [0.15, 0.2) is 18.2 Å². The van der Waals surface area contributed by atoms with Crippen molar-refractivity contribution in [2.24, 2.45) is 0 Å². The lowest BCUT2D eigenvalue weighted by Crippen LogP contribution is -2.50. The topological polar surface area (TPSA) is 92.5 Å². The van der Waals surface area contributed by atoms with Gasteiger partial charge in [-0.25, -0.2) is 0 Å². The number of benzene rings is 1. The highest BCUT2D eigenvalue weighted by molar-refractivity contribution is 6.31. The monoisotopic (exact) mass is 300 g/mol. The number of aliphatic hydroxyl groups is 1. The Labute approximate surface area is 121 Å². The van der Waals surface area contributed by atoms with Gasteiger partial charge in [0, 0.05) is 22.7 Å². The summed E-state index contributed by atoms with van der Waals surface area (Å²) >= 11 is 5.78. The number of carbonyl (C=O) groups is 1. The summed E-state index contributed by atoms with van der Waals surface area (Å²) in [5.41, 5.74) is -0.872. The lowest BCUT2D eigenvalue weighted by molar-refractivity contribution is -0.384. The first kappa shape index (κ1) is 16.4. The number of nitrogens with one attached hydrogen (secondary N) is 1. The maximum Gasteiger partial charge on any atom is 0.271 e. The van der Waals surface area contributed by atoms with Gasteiger partial charge >= 0.3 is 0 Å². The highest BCUT2D eigenvalue weighted by Gasteiger charge is 2.28. The number of aliphatic hydroxyl groups excluding tert-OH is 1. The number of nitrogens with zero attached hydrogens (tertiary/aromatic N) is 1. The Hall–Kier alpha value is -1.66. The van der Waals surface area contributed by atoms with Crippen LogP contribution in [0.4, 0.5) is 5.69 Å². The van der Waals surface area contributed by atoms with Crippen molar-refractivity contribution < 1.29 is 14.8 Å². The molecular weight excluding hydrogens is 284 g/mol. The number of hydrogen-bond donors (Lipinski definition) is 2. The van der Waals surface area contributed by atoms with Crippen LogP contribution in [0.3, 0.4) is 0 Å². The van der Waals surface area contributed by atoms with E-state index in [4.69, 9.17) is 11.6 Å². The molecule has 2 N–H and O–H groups in total. The second-order valence-corrected chi connectivity index (χ2v) is 4.99. The zero-order valence-corrected chi connectivity index (χ0v) is 12.1. The standard InChI is InChI=1S/C13H17ClN2O4/c1-3-13(4-2,8-17)15-12(18)9-5-10(14)7-11(6-9)16(19)20/h5-7,17H,3-4,8H2,1-2H3,(H,15,18). The maximum atomic E-state index is 12.2. The fraction of sp³-hybridized carbons (Fsp3) is 0.462. The van der Waals surface area contributed by atoms with E-state index in [2.05, 4.69) is 5.32 Å². The fourth-order valence-electron chi connectivity index (χ4n) is 1.81. The van der Waals surface area contributed by atoms with Crippen molar-refractivity contribution >= 4 is 23.2 Å². The largest absolute Gasteiger partial charge is 0.394 e. The summed E-state index contributed by atoms with van der Waals surface area (Å²) in [5.74, 6) is -0.492. The number of nitro groups is 1. The number of rotatable bonds is 6. The van der Waals surface area contributed by atoms with Crippen LogP contribution in [-0.4, -0.2) is 28.1 Å². The number of nitro benzene ring substituents is 1. The van der Waals surface area contributed by atoms with E-state index < -0.39 is 16.4 Å². The number of halogens is 1. The highest BCUT2D eigenvalue weighted by atomic mass is 35.5. The molecule has 1 aromatic rings. The third-order valence-corrected chi connectivity index (χ3v) is 3.61. The first-order chi connectivity index (χ1) is 9.37. The number of hydrogen-bond acceptors (Lipinski definition) is 4. The van der Waals surface area contributed by atoms with Crippen LogP contribution < -0.4 is 5.32 Å². The molecule has 20 heavy (non-hydrogen) atoms. The van der Waals surface area contributed by atoms with E-state index in [0.29, 0.717) is 12.8 Å². The fourth-order valence-corrected chi connectivity index (χ4v) is 2.04. The van der Waals surface area contributed by atoms with E-state index in [9.17, 15) is 20.0 Å². The molecule has 1 amide bonds. The minimum Gasteiger partial charge on any atom is -0.394 e. The summed E-state index contributed by atoms with van der Waals surface area (Å²) < 4.78 is 0. The van der Waals surface area contributed by atoms with Gasteiger partial charge in [-0.3, -0.25) is 14.9 Å². The molecule has 0 unspecified atom stereocenters. The summed E-state index contributed by atoms with van der Waals surface area (Å²) in [7, 11) is 0. The Balaban J connectivity index is 3.06. The molecule has 0 aromatic heterocycles. The molecular formula is C13H17ClN2O4. The smallest absolute Gasteiger partial charge is 0.271 e. The third-order valence-electron chi connectivity index (χ3n) is 3.39. The van der Waals surface area contributed by atoms with Gasteiger partial charge in [0.15, 0.2) is 0 Å². The van der Waals surface area contributed by atoms with Crippen LogP contribution in [0, 0.1) is 10.1 Å². The predicted octanol–water partition coefficient (Wildman–Crippen LogP) is 2.53. The van der Waals surface area contributed by atoms with Gasteiger partial charge in [0.25, 0.3) is 11.6 Å². The van der Waals surface area contributed by atoms with E-state index >= 15 is 0 Å². The van der Waals surface area contributed by atoms with Crippen molar-refractivity contribution in [3.05, 3.63) is 38.9 Å². The molecule has 1 aromatic carbocycles. The van der Waals surface area contributed by atoms with Crippen LogP contribution >= 0.6 is 11.6 Å². The average Bonchev–Trinajstić information content (AvgIpc) is 2.44. The summed E-state index contributed by atoms with van der Waals surface area (Å²) in [5, 5.41) is 23.0. The van der Waals surface area contributed by atoms with Gasteiger partial charge in [-0.1, -0.05) is 25.4 Å². The molecule has 0 radical (unpaired) electrons. The van der Waals surface area contributed by atoms with E-state index in [1.54, 1.807) is 0 Å². The summed E-state index contributed by atoms with van der Waals surface area (Å²) in [6.45, 7) is 3.50. The Morgan fingerprint density at radius 3 is 2.45 bits per heavy atom. The van der Waals surface area contributed by atoms with Crippen LogP contribution in [0.5, 0.6) is 0 Å². The minimum atomic E-state index is -0.728. The highest BCUT2D eigenvalue weighted by Crippen LogP contribution is 2.22. The first-order valence-electron chi connectivity index (χ1n) is 6.26. The molecule has 0 aliphatic carbocycles. The van der Waals surface area contributed by atoms with E-state index in [-0.39, 0.29) is 22.9 Å². The minimum absolute atomic E-state index is 0.101. The SMILES string of the molecule is CCC(CC)(CO)NC(=O)c1cc(Cl)cc([N+](=O)[O-])c1. The Kier molecular flexibility index (Phi) is 5.47. The molecule has 0 atom stereocenters. The Morgan fingerprint density at radius 1 is 1.40 bits per heavy atom. The molecule has 0 aliphatic heterocycles. The lowest BCUT2D eigenvalue weighted by Gasteiger charge is -2.30. The molecule has 0 aliphatic rings. The van der Waals surface area contributed by atoms with Gasteiger partial charge in [-0.15, -0.1) is 0 Å². The Morgan fingerprint density at radius 2 is 2.00 bits per heavy atom. The molecule has 0 spiro atoms. The van der Waals surface area contributed by atoms with Crippen LogP contribution in [0.1, 0.15) is 37.0 Å². The van der Waals surface area contributed by atoms with Gasteiger partial charge in [-0.2, -0.15) is 0 Å². The van der Waals surface area contributed by atoms with Crippen molar-refractivity contribution in [3.8, 4) is 0 Å². The first-order valence-corrected chi connectivity index (χ1v) is 6.63. The van der Waals surface area contributed by atoms with Crippen molar-refractivity contribution in [2.45, 2.75) is 32.2 Å². The zero-order valence-electron chi connectivity index (χ0n) is 11.4. The molecule has 7 heteroatoms. The molecule has 0 saturated heterocycles. The number of amides is 1. The quantitative estimate of drug-likeness (QED) is 0.623. The van der Waals surface area contributed by atoms with Crippen molar-refractivity contribution in [1.29, 1.82) is 0 Å². The van der Waals surface area contributed by atoms with Gasteiger partial charge in [-0.05, 0) is 18.9 Å². The predicted molar refractivity (Wildman–Crippen MR) is 76.0 cm³/mol. The molecule has 1 rings (SSSR count). The van der Waals surface area contributed by atoms with Gasteiger partial charge in [0.05, 0.1) is 17.1 Å². The molecule has 0 saturated carbocycles. The van der Waals surface area contributed by atoms with E-state index in [1.807, 2.05) is 13.8 Å². The third kappa shape index (κ3) is 3.68. The second-order valence-electron chi connectivity index (χ2n) is 4.55. The Bertz CT molecular complexity index is 507. The van der Waals surface area contributed by atoms with Crippen molar-refractivity contribution in [2.75, 3.05) is 6.61 Å². The van der Waals surface area contributed by atoms with Crippen LogP contribution in [-0.2, 0) is 0 Å². The molecule has 0 fully saturated rings. The van der Waals surface area contributed by atoms with E-state index in [1.165, 1.54) is 12.1 Å². The summed E-state index contributed by atoms with van der Waals surface area (Å²) in [6, 6.07) is 3.70. The second kappa shape index (κ2) is 6.67. The van der Waals surface area contributed by atoms with Gasteiger partial charge in [0.1, 0.15) is 0 Å². The number of non-ortho nitro benzene ring substituents is 1. The van der Waals surface area contributed by atoms with Crippen molar-refractivity contribution in [3.63, 3.8) is 0 Å². The molecule has 0 heterocycles. The zero-order chi connectivity index (χ0) is 15.3. The average molecular weight is 301 g/mol. The normalized spacial score (nSPS) is 11.2. The lowest BCUT2D eigenvalue weighted by atomic mass is 9.93. The molecule has 0 bridgehead atoms. The molecule has 110 valence electrons. The van der Waals surface area contributed by atoms with Gasteiger partial charge in [0.2, 0.25) is 0 Å². The summed E-state index contributed by atoms with van der Waals surface area (Å²) in [4.78, 5) is 22.3. The van der Waals surface area contributed by atoms with Crippen LogP contribution in [0.25, 0.3) is 0 Å². The number of carbonyl (C=O) groups excluding carboxylic acids is 1. The van der Waals surface area contributed by atoms with Gasteiger partial charge < -0.3 is 10.4 Å².